The number of fused-ring (bicyclic) bond motifs is 1. The Kier molecular flexibility index (Phi) is 2.32. The highest BCUT2D eigenvalue weighted by molar-refractivity contribution is 5.32. The van der Waals surface area contributed by atoms with E-state index in [2.05, 4.69) is 30.2 Å². The second kappa shape index (κ2) is 3.46. The van der Waals surface area contributed by atoms with Gasteiger partial charge in [0.2, 0.25) is 0 Å². The van der Waals surface area contributed by atoms with Crippen molar-refractivity contribution in [2.75, 3.05) is 6.54 Å². The number of aryl methyl sites for hydroxylation is 1. The number of likely N-dealkylation sites (N-methyl/N-ethyl adjacent to an activating group) is 1. The molecule has 1 aliphatic rings. The van der Waals surface area contributed by atoms with E-state index in [9.17, 15) is 0 Å². The third-order valence-electron chi connectivity index (χ3n) is 2.65. The van der Waals surface area contributed by atoms with Crippen molar-refractivity contribution in [3.63, 3.8) is 0 Å². The van der Waals surface area contributed by atoms with Crippen LogP contribution in [-0.4, -0.2) is 17.6 Å². The van der Waals surface area contributed by atoms with Crippen LogP contribution in [0.25, 0.3) is 0 Å². The molecule has 0 amide bonds. The number of nitrogens with one attached hydrogen (secondary N) is 1. The molecule has 2 nitrogen and oxygen atoms in total. The van der Waals surface area contributed by atoms with Crippen molar-refractivity contribution in [3.05, 3.63) is 29.1 Å². The van der Waals surface area contributed by atoms with Crippen LogP contribution in [0.1, 0.15) is 23.7 Å². The van der Waals surface area contributed by atoms with Crippen LogP contribution in [0.15, 0.2) is 12.3 Å². The molecule has 0 bridgehead atoms. The second-order valence-corrected chi connectivity index (χ2v) is 3.76. The highest BCUT2D eigenvalue weighted by Crippen LogP contribution is 2.21. The van der Waals surface area contributed by atoms with Crippen LogP contribution in [0.5, 0.6) is 0 Å². The zero-order chi connectivity index (χ0) is 9.26. The van der Waals surface area contributed by atoms with Gasteiger partial charge in [0.25, 0.3) is 0 Å². The molecule has 0 aliphatic heterocycles. The number of aromatic nitrogens is 1. The zero-order valence-electron chi connectivity index (χ0n) is 8.30. The lowest BCUT2D eigenvalue weighted by atomic mass is 10.1. The summed E-state index contributed by atoms with van der Waals surface area (Å²) >= 11 is 0. The summed E-state index contributed by atoms with van der Waals surface area (Å²) in [5.41, 5.74) is 4.05. The minimum absolute atomic E-state index is 0.642. The van der Waals surface area contributed by atoms with Gasteiger partial charge in [0, 0.05) is 17.9 Å². The Bertz CT molecular complexity index is 307. The first kappa shape index (κ1) is 8.70. The zero-order valence-corrected chi connectivity index (χ0v) is 8.30. The van der Waals surface area contributed by atoms with Crippen LogP contribution in [0, 0.1) is 6.92 Å². The largest absolute Gasteiger partial charge is 0.314 e. The van der Waals surface area contributed by atoms with Crippen LogP contribution < -0.4 is 5.32 Å². The summed E-state index contributed by atoms with van der Waals surface area (Å²) < 4.78 is 0. The number of rotatable bonds is 2. The first-order chi connectivity index (χ1) is 6.29. The summed E-state index contributed by atoms with van der Waals surface area (Å²) in [5.74, 6) is 0. The summed E-state index contributed by atoms with van der Waals surface area (Å²) in [6.07, 6.45) is 4.35. The van der Waals surface area contributed by atoms with Crippen molar-refractivity contribution < 1.29 is 0 Å². The van der Waals surface area contributed by atoms with Crippen LogP contribution in [0.2, 0.25) is 0 Å². The van der Waals surface area contributed by atoms with Crippen LogP contribution in [-0.2, 0) is 12.8 Å². The Morgan fingerprint density at radius 3 is 3.00 bits per heavy atom. The molecule has 0 saturated carbocycles. The lowest BCUT2D eigenvalue weighted by molar-refractivity contribution is 0.552. The minimum atomic E-state index is 0.642. The third kappa shape index (κ3) is 1.73. The van der Waals surface area contributed by atoms with Crippen molar-refractivity contribution in [3.8, 4) is 0 Å². The van der Waals surface area contributed by atoms with E-state index in [4.69, 9.17) is 0 Å². The third-order valence-corrected chi connectivity index (χ3v) is 2.65. The summed E-state index contributed by atoms with van der Waals surface area (Å²) in [6, 6.07) is 2.86. The molecule has 2 heteroatoms. The maximum atomic E-state index is 4.32. The number of pyridine rings is 1. The molecule has 1 heterocycles. The molecule has 0 spiro atoms. The highest BCUT2D eigenvalue weighted by atomic mass is 14.9. The van der Waals surface area contributed by atoms with E-state index in [1.165, 1.54) is 17.5 Å². The first-order valence-corrected chi connectivity index (χ1v) is 4.97. The Morgan fingerprint density at radius 2 is 2.23 bits per heavy atom. The van der Waals surface area contributed by atoms with Gasteiger partial charge >= 0.3 is 0 Å². The summed E-state index contributed by atoms with van der Waals surface area (Å²) in [5, 5.41) is 3.48. The molecule has 0 radical (unpaired) electrons. The predicted molar refractivity (Wildman–Crippen MR) is 53.8 cm³/mol. The fourth-order valence-electron chi connectivity index (χ4n) is 2.05. The molecule has 1 aromatic rings. The molecular weight excluding hydrogens is 160 g/mol. The fourth-order valence-corrected chi connectivity index (χ4v) is 2.05. The lowest BCUT2D eigenvalue weighted by Gasteiger charge is -2.07. The average Bonchev–Trinajstić information content (AvgIpc) is 2.46. The number of hydrogen-bond acceptors (Lipinski definition) is 2. The van der Waals surface area contributed by atoms with E-state index in [-0.39, 0.29) is 0 Å². The van der Waals surface area contributed by atoms with Crippen molar-refractivity contribution in [1.82, 2.24) is 10.3 Å². The molecule has 1 aliphatic carbocycles. The van der Waals surface area contributed by atoms with Gasteiger partial charge in [0.15, 0.2) is 0 Å². The monoisotopic (exact) mass is 176 g/mol. The number of hydrogen-bond donors (Lipinski definition) is 1. The van der Waals surface area contributed by atoms with Crippen molar-refractivity contribution in [2.24, 2.45) is 0 Å². The molecule has 2 rings (SSSR count). The van der Waals surface area contributed by atoms with E-state index >= 15 is 0 Å². The Morgan fingerprint density at radius 1 is 1.46 bits per heavy atom. The van der Waals surface area contributed by atoms with Crippen molar-refractivity contribution in [1.29, 1.82) is 0 Å². The van der Waals surface area contributed by atoms with Crippen LogP contribution >= 0.6 is 0 Å². The molecule has 70 valence electrons. The van der Waals surface area contributed by atoms with Gasteiger partial charge in [0.05, 0.1) is 0 Å². The van der Waals surface area contributed by atoms with E-state index in [1.54, 1.807) is 0 Å². The van der Waals surface area contributed by atoms with Gasteiger partial charge in [0.1, 0.15) is 0 Å². The summed E-state index contributed by atoms with van der Waals surface area (Å²) in [6.45, 7) is 5.28. The standard InChI is InChI=1S/C11H16N2/c1-3-12-11-5-9-4-8(2)13-7-10(9)6-11/h4,7,11-12H,3,5-6H2,1-2H3. The van der Waals surface area contributed by atoms with Crippen molar-refractivity contribution in [2.45, 2.75) is 32.7 Å². The molecule has 0 saturated heterocycles. The molecule has 13 heavy (non-hydrogen) atoms. The van der Waals surface area contributed by atoms with Gasteiger partial charge in [-0.2, -0.15) is 0 Å². The minimum Gasteiger partial charge on any atom is -0.314 e. The lowest BCUT2D eigenvalue weighted by Crippen LogP contribution is -2.28. The first-order valence-electron chi connectivity index (χ1n) is 4.97. The predicted octanol–water partition coefficient (Wildman–Crippen LogP) is 1.47. The van der Waals surface area contributed by atoms with Gasteiger partial charge in [-0.15, -0.1) is 0 Å². The maximum absolute atomic E-state index is 4.32. The number of nitrogens with zero attached hydrogens (tertiary/aromatic N) is 1. The topological polar surface area (TPSA) is 24.9 Å². The summed E-state index contributed by atoms with van der Waals surface area (Å²) in [4.78, 5) is 4.32. The SMILES string of the molecule is CCNC1Cc2cnc(C)cc2C1. The molecule has 0 aromatic carbocycles. The molecule has 1 aromatic heterocycles. The highest BCUT2D eigenvalue weighted by Gasteiger charge is 2.20. The van der Waals surface area contributed by atoms with E-state index in [1.807, 2.05) is 6.20 Å². The Balaban J connectivity index is 2.16. The maximum Gasteiger partial charge on any atom is 0.0375 e. The Labute approximate surface area is 79.4 Å². The fraction of sp³-hybridized carbons (Fsp3) is 0.545. The normalized spacial score (nSPS) is 20.3. The van der Waals surface area contributed by atoms with Gasteiger partial charge in [-0.3, -0.25) is 4.98 Å². The second-order valence-electron chi connectivity index (χ2n) is 3.76. The van der Waals surface area contributed by atoms with Gasteiger partial charge < -0.3 is 5.32 Å². The van der Waals surface area contributed by atoms with E-state index in [0.29, 0.717) is 6.04 Å². The van der Waals surface area contributed by atoms with Gasteiger partial charge in [-0.25, -0.2) is 0 Å². The van der Waals surface area contributed by atoms with E-state index < -0.39 is 0 Å². The molecule has 1 N–H and O–H groups in total. The van der Waals surface area contributed by atoms with E-state index in [0.717, 1.165) is 18.7 Å². The smallest absolute Gasteiger partial charge is 0.0375 e. The molecule has 0 fully saturated rings. The molecule has 1 unspecified atom stereocenters. The van der Waals surface area contributed by atoms with Gasteiger partial charge in [-0.1, -0.05) is 6.92 Å². The van der Waals surface area contributed by atoms with Gasteiger partial charge in [-0.05, 0) is 43.5 Å². The average molecular weight is 176 g/mol. The molecular formula is C11H16N2. The van der Waals surface area contributed by atoms with Crippen molar-refractivity contribution >= 4 is 0 Å². The quantitative estimate of drug-likeness (QED) is 0.738. The summed E-state index contributed by atoms with van der Waals surface area (Å²) in [7, 11) is 0. The Hall–Kier alpha value is -0.890. The van der Waals surface area contributed by atoms with Crippen LogP contribution in [0.3, 0.4) is 0 Å². The molecule has 1 atom stereocenters. The van der Waals surface area contributed by atoms with Crippen LogP contribution in [0.4, 0.5) is 0 Å².